The van der Waals surface area contributed by atoms with E-state index < -0.39 is 29.3 Å². The predicted molar refractivity (Wildman–Crippen MR) is 109 cm³/mol. The lowest BCUT2D eigenvalue weighted by atomic mass is 10.1. The first-order valence-corrected chi connectivity index (χ1v) is 9.63. The minimum atomic E-state index is -4.53. The average Bonchev–Trinajstić information content (AvgIpc) is 3.15. The highest BCUT2D eigenvalue weighted by Gasteiger charge is 2.30. The summed E-state index contributed by atoms with van der Waals surface area (Å²) < 4.78 is 37.9. The lowest BCUT2D eigenvalue weighted by Crippen LogP contribution is -2.27. The Bertz CT molecular complexity index is 1120. The van der Waals surface area contributed by atoms with Crippen LogP contribution in [0.15, 0.2) is 66.4 Å². The first-order chi connectivity index (χ1) is 14.1. The number of alkyl halides is 3. The Kier molecular flexibility index (Phi) is 6.28. The van der Waals surface area contributed by atoms with Crippen molar-refractivity contribution in [1.29, 1.82) is 0 Å². The topological polar surface area (TPSA) is 66.4 Å². The summed E-state index contributed by atoms with van der Waals surface area (Å²) >= 11 is 7.44. The number of benzene rings is 2. The molecular formula is C21H13ClF3NO3S. The van der Waals surface area contributed by atoms with Crippen LogP contribution in [-0.2, 0) is 11.0 Å². The SMILES string of the molecule is O=C(O)/C(=C/c1ccc(-c2ccccc2Cl)s1)NC(=O)c1ccc(C(F)(F)F)cc1. The van der Waals surface area contributed by atoms with E-state index in [4.69, 9.17) is 11.6 Å². The van der Waals surface area contributed by atoms with Crippen molar-refractivity contribution in [3.8, 4) is 10.4 Å². The molecule has 30 heavy (non-hydrogen) atoms. The van der Waals surface area contributed by atoms with Crippen molar-refractivity contribution in [3.05, 3.63) is 87.4 Å². The molecule has 9 heteroatoms. The molecule has 4 nitrogen and oxygen atoms in total. The Balaban J connectivity index is 1.81. The van der Waals surface area contributed by atoms with Crippen molar-refractivity contribution in [2.45, 2.75) is 6.18 Å². The van der Waals surface area contributed by atoms with E-state index in [1.54, 1.807) is 24.3 Å². The maximum absolute atomic E-state index is 12.6. The lowest BCUT2D eigenvalue weighted by Gasteiger charge is -2.08. The van der Waals surface area contributed by atoms with Gasteiger partial charge in [0.05, 0.1) is 5.56 Å². The number of carbonyl (C=O) groups excluding carboxylic acids is 1. The van der Waals surface area contributed by atoms with Gasteiger partial charge in [-0.05, 0) is 48.5 Å². The van der Waals surface area contributed by atoms with Crippen molar-refractivity contribution >= 4 is 40.9 Å². The zero-order chi connectivity index (χ0) is 21.9. The molecule has 1 aromatic heterocycles. The van der Waals surface area contributed by atoms with Crippen LogP contribution in [0.3, 0.4) is 0 Å². The summed E-state index contributed by atoms with van der Waals surface area (Å²) in [5, 5.41) is 12.2. The smallest absolute Gasteiger partial charge is 0.416 e. The summed E-state index contributed by atoms with van der Waals surface area (Å²) in [6.07, 6.45) is -3.25. The minimum absolute atomic E-state index is 0.0990. The standard InChI is InChI=1S/C21H13ClF3NO3S/c22-16-4-2-1-3-15(16)18-10-9-14(30-18)11-17(20(28)29)26-19(27)12-5-7-13(8-6-12)21(23,24)25/h1-11H,(H,26,27)(H,28,29)/b17-11-. The Hall–Kier alpha value is -3.10. The lowest BCUT2D eigenvalue weighted by molar-refractivity contribution is -0.137. The van der Waals surface area contributed by atoms with Gasteiger partial charge in [-0.1, -0.05) is 29.8 Å². The van der Waals surface area contributed by atoms with E-state index in [2.05, 4.69) is 5.32 Å². The number of carbonyl (C=O) groups is 2. The van der Waals surface area contributed by atoms with Crippen LogP contribution in [0.4, 0.5) is 13.2 Å². The molecule has 0 saturated heterocycles. The molecule has 0 bridgehead atoms. The van der Waals surface area contributed by atoms with Gasteiger partial charge in [-0.15, -0.1) is 11.3 Å². The molecule has 3 aromatic rings. The summed E-state index contributed by atoms with van der Waals surface area (Å²) in [5.41, 5.74) is -0.626. The number of rotatable bonds is 5. The number of amides is 1. The predicted octanol–water partition coefficient (Wildman–Crippen LogP) is 5.94. The van der Waals surface area contributed by atoms with Crippen LogP contribution in [0, 0.1) is 0 Å². The second-order valence-corrected chi connectivity index (χ2v) is 7.60. The summed E-state index contributed by atoms with van der Waals surface area (Å²) in [7, 11) is 0. The molecule has 0 aliphatic heterocycles. The van der Waals surface area contributed by atoms with Crippen LogP contribution < -0.4 is 5.32 Å². The van der Waals surface area contributed by atoms with E-state index in [9.17, 15) is 27.9 Å². The van der Waals surface area contributed by atoms with Gasteiger partial charge in [0.15, 0.2) is 0 Å². The van der Waals surface area contributed by atoms with Gasteiger partial charge < -0.3 is 10.4 Å². The van der Waals surface area contributed by atoms with E-state index in [1.165, 1.54) is 17.4 Å². The number of aliphatic carboxylic acids is 1. The largest absolute Gasteiger partial charge is 0.477 e. The number of carboxylic acids is 1. The first kappa shape index (κ1) is 21.6. The summed E-state index contributed by atoms with van der Waals surface area (Å²) in [4.78, 5) is 25.2. The molecule has 0 aliphatic carbocycles. The molecule has 0 radical (unpaired) electrons. The van der Waals surface area contributed by atoms with E-state index >= 15 is 0 Å². The third kappa shape index (κ3) is 5.08. The number of hydrogen-bond acceptors (Lipinski definition) is 3. The molecule has 0 atom stereocenters. The highest BCUT2D eigenvalue weighted by Crippen LogP contribution is 2.34. The number of halogens is 4. The zero-order valence-electron chi connectivity index (χ0n) is 15.0. The Labute approximate surface area is 178 Å². The van der Waals surface area contributed by atoms with E-state index in [1.807, 2.05) is 12.1 Å². The second kappa shape index (κ2) is 8.73. The molecule has 0 spiro atoms. The van der Waals surface area contributed by atoms with E-state index in [0.717, 1.165) is 34.7 Å². The summed E-state index contributed by atoms with van der Waals surface area (Å²) in [6.45, 7) is 0. The number of hydrogen-bond donors (Lipinski definition) is 2. The van der Waals surface area contributed by atoms with Crippen LogP contribution in [0.1, 0.15) is 20.8 Å². The van der Waals surface area contributed by atoms with Gasteiger partial charge in [-0.2, -0.15) is 13.2 Å². The fourth-order valence-corrected chi connectivity index (χ4v) is 3.82. The van der Waals surface area contributed by atoms with Crippen molar-refractivity contribution in [2.24, 2.45) is 0 Å². The first-order valence-electron chi connectivity index (χ1n) is 8.43. The molecule has 1 amide bonds. The van der Waals surface area contributed by atoms with Gasteiger partial charge in [0.1, 0.15) is 5.70 Å². The minimum Gasteiger partial charge on any atom is -0.477 e. The van der Waals surface area contributed by atoms with Crippen LogP contribution >= 0.6 is 22.9 Å². The fourth-order valence-electron chi connectivity index (χ4n) is 2.53. The molecule has 2 aromatic carbocycles. The maximum atomic E-state index is 12.6. The molecular weight excluding hydrogens is 439 g/mol. The van der Waals surface area contributed by atoms with E-state index in [0.29, 0.717) is 9.90 Å². The fraction of sp³-hybridized carbons (Fsp3) is 0.0476. The van der Waals surface area contributed by atoms with Crippen LogP contribution in [-0.4, -0.2) is 17.0 Å². The van der Waals surface area contributed by atoms with Crippen molar-refractivity contribution in [2.75, 3.05) is 0 Å². The average molecular weight is 452 g/mol. The van der Waals surface area contributed by atoms with Gasteiger partial charge in [-0.25, -0.2) is 4.79 Å². The summed E-state index contributed by atoms with van der Waals surface area (Å²) in [6, 6.07) is 14.1. The second-order valence-electron chi connectivity index (χ2n) is 6.07. The van der Waals surface area contributed by atoms with Gasteiger partial charge in [-0.3, -0.25) is 4.79 Å². The molecule has 1 heterocycles. The molecule has 0 unspecified atom stereocenters. The van der Waals surface area contributed by atoms with Gasteiger partial charge in [0.25, 0.3) is 5.91 Å². The van der Waals surface area contributed by atoms with Gasteiger partial charge >= 0.3 is 12.1 Å². The normalized spacial score (nSPS) is 11.9. The van der Waals surface area contributed by atoms with Gasteiger partial charge in [0.2, 0.25) is 0 Å². The Morgan fingerprint density at radius 1 is 1.00 bits per heavy atom. The molecule has 154 valence electrons. The highest BCUT2D eigenvalue weighted by atomic mass is 35.5. The quantitative estimate of drug-likeness (QED) is 0.471. The third-order valence-electron chi connectivity index (χ3n) is 4.01. The third-order valence-corrected chi connectivity index (χ3v) is 5.40. The summed E-state index contributed by atoms with van der Waals surface area (Å²) in [5.74, 6) is -2.22. The number of carboxylic acid groups (broad SMARTS) is 1. The van der Waals surface area contributed by atoms with Crippen LogP contribution in [0.2, 0.25) is 5.02 Å². The van der Waals surface area contributed by atoms with Crippen molar-refractivity contribution < 1.29 is 27.9 Å². The van der Waals surface area contributed by atoms with Crippen LogP contribution in [0.5, 0.6) is 0 Å². The van der Waals surface area contributed by atoms with Crippen molar-refractivity contribution in [1.82, 2.24) is 5.32 Å². The zero-order valence-corrected chi connectivity index (χ0v) is 16.6. The molecule has 0 fully saturated rings. The maximum Gasteiger partial charge on any atom is 0.416 e. The molecule has 0 aliphatic rings. The van der Waals surface area contributed by atoms with Crippen LogP contribution in [0.25, 0.3) is 16.5 Å². The Morgan fingerprint density at radius 2 is 1.67 bits per heavy atom. The number of thiophene rings is 1. The Morgan fingerprint density at radius 3 is 2.27 bits per heavy atom. The van der Waals surface area contributed by atoms with E-state index in [-0.39, 0.29) is 5.56 Å². The molecule has 2 N–H and O–H groups in total. The highest BCUT2D eigenvalue weighted by molar-refractivity contribution is 7.16. The van der Waals surface area contributed by atoms with Gasteiger partial charge in [0, 0.05) is 25.9 Å². The molecule has 0 saturated carbocycles. The monoisotopic (exact) mass is 451 g/mol. The molecule has 3 rings (SSSR count). The number of nitrogens with one attached hydrogen (secondary N) is 1. The van der Waals surface area contributed by atoms with Crippen molar-refractivity contribution in [3.63, 3.8) is 0 Å².